The van der Waals surface area contributed by atoms with Crippen molar-refractivity contribution in [3.05, 3.63) is 0 Å². The molecular weight excluding hydrogens is 793 g/mol. The Kier molecular flexibility index (Phi) is 33.2. The Balaban J connectivity index is 0. The number of hydrogen-bond donors (Lipinski definition) is 0. The van der Waals surface area contributed by atoms with Crippen LogP contribution in [0.1, 0.15) is 111 Å². The SMILES string of the molecule is CC(C)C(=O)CN(CCN(CC(=O)C(C)C)CC(=O)C(C)C)CC(=O)C(C)C.CC(C)C(=O)CN(CCOCCOCCN(CC(=O)C(C)C)CC(=O)C(C)C)CC(=O)C(C)C. The van der Waals surface area contributed by atoms with Crippen molar-refractivity contribution in [2.45, 2.75) is 111 Å². The molecule has 0 unspecified atom stereocenters. The van der Waals surface area contributed by atoms with Crippen molar-refractivity contribution in [2.75, 3.05) is 105 Å². The summed E-state index contributed by atoms with van der Waals surface area (Å²) in [6.07, 6.45) is 0. The van der Waals surface area contributed by atoms with Crippen LogP contribution >= 0.6 is 0 Å². The van der Waals surface area contributed by atoms with Gasteiger partial charge < -0.3 is 9.47 Å². The number of nitrogens with zero attached hydrogens (tertiary/aromatic N) is 4. The maximum Gasteiger partial charge on any atom is 0.149 e. The molecule has 0 bridgehead atoms. The van der Waals surface area contributed by atoms with Gasteiger partial charge in [-0.15, -0.1) is 0 Å². The molecule has 0 aromatic heterocycles. The fraction of sp³-hybridized carbons (Fsp3) is 0.833. The first-order valence-corrected chi connectivity index (χ1v) is 23.0. The first-order chi connectivity index (χ1) is 28.7. The third kappa shape index (κ3) is 30.2. The second kappa shape index (κ2) is 33.6. The molecule has 14 heteroatoms. The van der Waals surface area contributed by atoms with E-state index in [1.54, 1.807) is 0 Å². The van der Waals surface area contributed by atoms with Gasteiger partial charge in [0.25, 0.3) is 0 Å². The first kappa shape index (κ1) is 61.2. The van der Waals surface area contributed by atoms with Gasteiger partial charge in [0.2, 0.25) is 0 Å². The molecule has 0 aliphatic rings. The van der Waals surface area contributed by atoms with Crippen LogP contribution in [0.15, 0.2) is 0 Å². The zero-order valence-corrected chi connectivity index (χ0v) is 41.8. The molecule has 0 rings (SSSR count). The van der Waals surface area contributed by atoms with E-state index in [9.17, 15) is 38.4 Å². The summed E-state index contributed by atoms with van der Waals surface area (Å²) < 4.78 is 11.3. The van der Waals surface area contributed by atoms with E-state index >= 15 is 0 Å². The molecule has 0 aliphatic carbocycles. The molecule has 14 nitrogen and oxygen atoms in total. The highest BCUT2D eigenvalue weighted by Gasteiger charge is 2.23. The number of hydrogen-bond acceptors (Lipinski definition) is 14. The van der Waals surface area contributed by atoms with Crippen molar-refractivity contribution < 1.29 is 47.8 Å². The first-order valence-electron chi connectivity index (χ1n) is 23.0. The molecular formula is C48H88N4O10. The van der Waals surface area contributed by atoms with Crippen LogP contribution in [0.4, 0.5) is 0 Å². The summed E-state index contributed by atoms with van der Waals surface area (Å²) in [5, 5.41) is 0. The highest BCUT2D eigenvalue weighted by atomic mass is 16.5. The predicted octanol–water partition coefficient (Wildman–Crippen LogP) is 5.01. The lowest BCUT2D eigenvalue weighted by Crippen LogP contribution is -2.45. The highest BCUT2D eigenvalue weighted by Crippen LogP contribution is 2.07. The Morgan fingerprint density at radius 1 is 0.258 bits per heavy atom. The van der Waals surface area contributed by atoms with Crippen LogP contribution in [-0.4, -0.2) is 171 Å². The third-order valence-electron chi connectivity index (χ3n) is 10.4. The van der Waals surface area contributed by atoms with E-state index in [0.29, 0.717) is 52.6 Å². The Hall–Kier alpha value is -2.88. The lowest BCUT2D eigenvalue weighted by molar-refractivity contribution is -0.128. The van der Waals surface area contributed by atoms with Gasteiger partial charge >= 0.3 is 0 Å². The summed E-state index contributed by atoms with van der Waals surface area (Å²) in [5.74, 6) is 0.0776. The quantitative estimate of drug-likeness (QED) is 0.0770. The molecule has 0 aromatic carbocycles. The normalized spacial score (nSPS) is 12.1. The van der Waals surface area contributed by atoms with Crippen molar-refractivity contribution in [3.63, 3.8) is 0 Å². The van der Waals surface area contributed by atoms with Crippen LogP contribution in [0.25, 0.3) is 0 Å². The third-order valence-corrected chi connectivity index (χ3v) is 10.4. The second-order valence-corrected chi connectivity index (χ2v) is 19.0. The monoisotopic (exact) mass is 881 g/mol. The van der Waals surface area contributed by atoms with Gasteiger partial charge in [-0.05, 0) is 0 Å². The molecule has 0 spiro atoms. The van der Waals surface area contributed by atoms with Gasteiger partial charge in [0.1, 0.15) is 46.3 Å². The lowest BCUT2D eigenvalue weighted by Gasteiger charge is -2.28. The minimum absolute atomic E-state index is 0.0720. The molecule has 0 amide bonds. The highest BCUT2D eigenvalue weighted by molar-refractivity contribution is 5.87. The van der Waals surface area contributed by atoms with E-state index < -0.39 is 0 Å². The van der Waals surface area contributed by atoms with Crippen molar-refractivity contribution in [3.8, 4) is 0 Å². The average molecular weight is 881 g/mol. The number of carbonyl (C=O) groups is 8. The fourth-order valence-corrected chi connectivity index (χ4v) is 5.07. The van der Waals surface area contributed by atoms with Crippen LogP contribution < -0.4 is 0 Å². The molecule has 360 valence electrons. The van der Waals surface area contributed by atoms with Gasteiger partial charge in [0, 0.05) is 73.5 Å². The zero-order chi connectivity index (χ0) is 48.3. The number of ether oxygens (including phenoxy) is 2. The lowest BCUT2D eigenvalue weighted by atomic mass is 10.1. The van der Waals surface area contributed by atoms with Gasteiger partial charge in [0.05, 0.1) is 78.8 Å². The topological polar surface area (TPSA) is 168 Å². The van der Waals surface area contributed by atoms with E-state index in [4.69, 9.17) is 9.47 Å². The summed E-state index contributed by atoms with van der Waals surface area (Å²) in [5.41, 5.74) is 0. The summed E-state index contributed by atoms with van der Waals surface area (Å²) in [7, 11) is 0. The van der Waals surface area contributed by atoms with Crippen LogP contribution in [0.5, 0.6) is 0 Å². The number of rotatable bonds is 36. The van der Waals surface area contributed by atoms with E-state index in [1.165, 1.54) is 0 Å². The number of Topliss-reactive ketones (excluding diaryl/α,β-unsaturated/α-hetero) is 8. The standard InChI is InChI=1S/C26H48N2O6.C22H40N2O4/c1-19(2)23(29)15-27(16-24(30)20(3)4)9-11-33-13-14-34-12-10-28(17-25(31)21(5)6)18-26(32)22(7)8;1-15(2)19(25)11-23(12-20(26)16(3)4)9-10-24(13-21(27)17(5)6)14-22(28)18(7)8/h19-22H,9-18H2,1-8H3;15-18H,9-14H2,1-8H3. The van der Waals surface area contributed by atoms with Gasteiger partial charge in [-0.25, -0.2) is 0 Å². The fourth-order valence-electron chi connectivity index (χ4n) is 5.07. The van der Waals surface area contributed by atoms with Gasteiger partial charge in [-0.1, -0.05) is 111 Å². The van der Waals surface area contributed by atoms with E-state index in [0.717, 1.165) is 0 Å². The molecule has 0 saturated heterocycles. The van der Waals surface area contributed by atoms with Crippen molar-refractivity contribution in [2.24, 2.45) is 47.3 Å². The number of carbonyl (C=O) groups excluding carboxylic acids is 8. The van der Waals surface area contributed by atoms with E-state index in [1.807, 2.05) is 130 Å². The molecule has 0 aliphatic heterocycles. The summed E-state index contributed by atoms with van der Waals surface area (Å²) in [4.78, 5) is 105. The smallest absolute Gasteiger partial charge is 0.149 e. The van der Waals surface area contributed by atoms with E-state index in [2.05, 4.69) is 0 Å². The minimum atomic E-state index is -0.0993. The molecule has 0 saturated carbocycles. The van der Waals surface area contributed by atoms with E-state index in [-0.39, 0.29) is 146 Å². The van der Waals surface area contributed by atoms with Crippen LogP contribution in [0.3, 0.4) is 0 Å². The molecule has 0 radical (unpaired) electrons. The molecule has 0 atom stereocenters. The Bertz CT molecular complexity index is 1180. The summed E-state index contributed by atoms with van der Waals surface area (Å²) in [6, 6.07) is 0. The van der Waals surface area contributed by atoms with Crippen LogP contribution in [0, 0.1) is 47.3 Å². The van der Waals surface area contributed by atoms with Crippen LogP contribution in [-0.2, 0) is 47.8 Å². The van der Waals surface area contributed by atoms with Gasteiger partial charge in [-0.2, -0.15) is 0 Å². The Morgan fingerprint density at radius 2 is 0.403 bits per heavy atom. The minimum Gasteiger partial charge on any atom is -0.378 e. The summed E-state index contributed by atoms with van der Waals surface area (Å²) in [6.45, 7) is 35.0. The summed E-state index contributed by atoms with van der Waals surface area (Å²) >= 11 is 0. The molecule has 0 fully saturated rings. The van der Waals surface area contributed by atoms with Crippen LogP contribution in [0.2, 0.25) is 0 Å². The molecule has 0 N–H and O–H groups in total. The molecule has 0 aromatic rings. The van der Waals surface area contributed by atoms with Crippen molar-refractivity contribution in [1.29, 1.82) is 0 Å². The maximum absolute atomic E-state index is 12.2. The second-order valence-electron chi connectivity index (χ2n) is 19.0. The molecule has 0 heterocycles. The van der Waals surface area contributed by atoms with Crippen molar-refractivity contribution >= 4 is 46.3 Å². The number of ketones is 8. The zero-order valence-electron chi connectivity index (χ0n) is 41.8. The largest absolute Gasteiger partial charge is 0.378 e. The van der Waals surface area contributed by atoms with Crippen molar-refractivity contribution in [1.82, 2.24) is 19.6 Å². The molecule has 62 heavy (non-hydrogen) atoms. The van der Waals surface area contributed by atoms with Gasteiger partial charge in [-0.3, -0.25) is 58.0 Å². The Morgan fingerprint density at radius 3 is 0.548 bits per heavy atom. The van der Waals surface area contributed by atoms with Gasteiger partial charge in [0.15, 0.2) is 0 Å². The average Bonchev–Trinajstić information content (AvgIpc) is 3.16. The maximum atomic E-state index is 12.2. The predicted molar refractivity (Wildman–Crippen MR) is 246 cm³/mol. The Labute approximate surface area is 375 Å².